The molecule has 0 aliphatic carbocycles. The van der Waals surface area contributed by atoms with E-state index in [1.165, 1.54) is 10.6 Å². The molecule has 0 saturated carbocycles. The maximum Gasteiger partial charge on any atom is 0.223 e. The molecule has 8 heteroatoms. The van der Waals surface area contributed by atoms with Gasteiger partial charge in [0.2, 0.25) is 21.8 Å². The van der Waals surface area contributed by atoms with Crippen LogP contribution >= 0.6 is 0 Å². The van der Waals surface area contributed by atoms with Gasteiger partial charge < -0.3 is 10.2 Å². The molecule has 2 rings (SSSR count). The lowest BCUT2D eigenvalue weighted by Crippen LogP contribution is -2.44. The lowest BCUT2D eigenvalue weighted by molar-refractivity contribution is -0.134. The first kappa shape index (κ1) is 18.2. The van der Waals surface area contributed by atoms with Crippen molar-refractivity contribution in [2.24, 2.45) is 11.8 Å². The molecule has 132 valence electrons. The summed E-state index contributed by atoms with van der Waals surface area (Å²) in [6, 6.07) is 0. The second-order valence-corrected chi connectivity index (χ2v) is 8.61. The molecule has 2 aliphatic heterocycles. The maximum atomic E-state index is 12.2. The van der Waals surface area contributed by atoms with Gasteiger partial charge in [0, 0.05) is 45.6 Å². The van der Waals surface area contributed by atoms with Crippen LogP contribution in [0.1, 0.15) is 32.6 Å². The number of piperidine rings is 2. The molecule has 0 unspecified atom stereocenters. The number of nitrogens with zero attached hydrogens (tertiary/aromatic N) is 2. The SMILES string of the molecule is CC(=O)N1CCC(C(=O)NCC2CCN(S(C)(=O)=O)CC2)CC1. The summed E-state index contributed by atoms with van der Waals surface area (Å²) in [5.74, 6) is 0.469. The van der Waals surface area contributed by atoms with Gasteiger partial charge in [-0.2, -0.15) is 0 Å². The average molecular weight is 345 g/mol. The third-order valence-corrected chi connectivity index (χ3v) is 6.22. The van der Waals surface area contributed by atoms with Crippen molar-refractivity contribution in [1.29, 1.82) is 0 Å². The number of amides is 2. The molecule has 0 aromatic heterocycles. The van der Waals surface area contributed by atoms with E-state index in [1.807, 2.05) is 0 Å². The normalized spacial score (nSPS) is 22.1. The van der Waals surface area contributed by atoms with Crippen LogP contribution in [0.5, 0.6) is 0 Å². The molecule has 0 aromatic carbocycles. The van der Waals surface area contributed by atoms with Gasteiger partial charge in [0.15, 0.2) is 0 Å². The second-order valence-electron chi connectivity index (χ2n) is 6.63. The van der Waals surface area contributed by atoms with Crippen LogP contribution < -0.4 is 5.32 Å². The first-order valence-corrected chi connectivity index (χ1v) is 10.1. The largest absolute Gasteiger partial charge is 0.356 e. The molecule has 0 atom stereocenters. The van der Waals surface area contributed by atoms with E-state index < -0.39 is 10.0 Å². The van der Waals surface area contributed by atoms with Gasteiger partial charge in [-0.1, -0.05) is 0 Å². The summed E-state index contributed by atoms with van der Waals surface area (Å²) >= 11 is 0. The smallest absolute Gasteiger partial charge is 0.223 e. The molecule has 0 spiro atoms. The van der Waals surface area contributed by atoms with Gasteiger partial charge in [-0.25, -0.2) is 12.7 Å². The van der Waals surface area contributed by atoms with Gasteiger partial charge in [0.05, 0.1) is 6.26 Å². The Morgan fingerprint density at radius 3 is 2.09 bits per heavy atom. The Bertz CT molecular complexity index is 533. The Labute approximate surface area is 138 Å². The van der Waals surface area contributed by atoms with Crippen LogP contribution in [-0.2, 0) is 19.6 Å². The van der Waals surface area contributed by atoms with Gasteiger partial charge in [-0.3, -0.25) is 9.59 Å². The highest BCUT2D eigenvalue weighted by molar-refractivity contribution is 7.88. The molecule has 1 N–H and O–H groups in total. The van der Waals surface area contributed by atoms with Crippen molar-refractivity contribution < 1.29 is 18.0 Å². The van der Waals surface area contributed by atoms with E-state index in [9.17, 15) is 18.0 Å². The van der Waals surface area contributed by atoms with Crippen LogP contribution in [0.4, 0.5) is 0 Å². The molecular formula is C15H27N3O4S. The summed E-state index contributed by atoms with van der Waals surface area (Å²) in [5, 5.41) is 3.01. The Balaban J connectivity index is 1.69. The zero-order valence-electron chi connectivity index (χ0n) is 14.0. The number of nitrogens with one attached hydrogen (secondary N) is 1. The minimum atomic E-state index is -3.10. The number of hydrogen-bond acceptors (Lipinski definition) is 4. The third-order valence-electron chi connectivity index (χ3n) is 4.92. The monoisotopic (exact) mass is 345 g/mol. The molecule has 0 bridgehead atoms. The first-order valence-electron chi connectivity index (χ1n) is 8.25. The van der Waals surface area contributed by atoms with Crippen molar-refractivity contribution in [3.8, 4) is 0 Å². The van der Waals surface area contributed by atoms with Gasteiger partial charge >= 0.3 is 0 Å². The standard InChI is InChI=1S/C15H27N3O4S/c1-12(19)17-7-5-14(6-8-17)15(20)16-11-13-3-9-18(10-4-13)23(2,21)22/h13-14H,3-11H2,1-2H3,(H,16,20). The number of sulfonamides is 1. The summed E-state index contributed by atoms with van der Waals surface area (Å²) < 4.78 is 24.4. The van der Waals surface area contributed by atoms with Crippen LogP contribution in [0.15, 0.2) is 0 Å². The lowest BCUT2D eigenvalue weighted by atomic mass is 9.94. The minimum absolute atomic E-state index is 0.0123. The fourth-order valence-corrected chi connectivity index (χ4v) is 4.16. The molecular weight excluding hydrogens is 318 g/mol. The summed E-state index contributed by atoms with van der Waals surface area (Å²) in [6.07, 6.45) is 4.25. The van der Waals surface area contributed by atoms with Crippen LogP contribution in [0, 0.1) is 11.8 Å². The Morgan fingerprint density at radius 2 is 1.61 bits per heavy atom. The number of carbonyl (C=O) groups is 2. The molecule has 0 aromatic rings. The number of likely N-dealkylation sites (tertiary alicyclic amines) is 1. The van der Waals surface area contributed by atoms with E-state index in [0.29, 0.717) is 38.6 Å². The molecule has 2 amide bonds. The highest BCUT2D eigenvalue weighted by Gasteiger charge is 2.28. The lowest BCUT2D eigenvalue weighted by Gasteiger charge is -2.32. The number of hydrogen-bond donors (Lipinski definition) is 1. The quantitative estimate of drug-likeness (QED) is 0.779. The van der Waals surface area contributed by atoms with E-state index in [1.54, 1.807) is 11.8 Å². The van der Waals surface area contributed by atoms with Gasteiger partial charge in [-0.15, -0.1) is 0 Å². The average Bonchev–Trinajstić information content (AvgIpc) is 2.52. The van der Waals surface area contributed by atoms with Crippen LogP contribution in [0.2, 0.25) is 0 Å². The molecule has 2 saturated heterocycles. The van der Waals surface area contributed by atoms with Crippen LogP contribution in [0.25, 0.3) is 0 Å². The predicted molar refractivity (Wildman–Crippen MR) is 87.1 cm³/mol. The molecule has 0 radical (unpaired) electrons. The summed E-state index contributed by atoms with van der Waals surface area (Å²) in [7, 11) is -3.10. The Kier molecular flexibility index (Phi) is 6.02. The first-order chi connectivity index (χ1) is 10.8. The highest BCUT2D eigenvalue weighted by Crippen LogP contribution is 2.20. The summed E-state index contributed by atoms with van der Waals surface area (Å²) in [5.41, 5.74) is 0. The Hall–Kier alpha value is -1.15. The van der Waals surface area contributed by atoms with Crippen molar-refractivity contribution in [2.75, 3.05) is 39.0 Å². The molecule has 2 fully saturated rings. The fourth-order valence-electron chi connectivity index (χ4n) is 3.29. The van der Waals surface area contributed by atoms with E-state index in [0.717, 1.165) is 25.7 Å². The van der Waals surface area contributed by atoms with E-state index in [4.69, 9.17) is 0 Å². The minimum Gasteiger partial charge on any atom is -0.356 e. The van der Waals surface area contributed by atoms with E-state index in [2.05, 4.69) is 5.32 Å². The number of carbonyl (C=O) groups excluding carboxylic acids is 2. The van der Waals surface area contributed by atoms with Crippen molar-refractivity contribution in [3.63, 3.8) is 0 Å². The molecule has 2 heterocycles. The maximum absolute atomic E-state index is 12.2. The third kappa shape index (κ3) is 5.17. The second kappa shape index (κ2) is 7.61. The number of rotatable bonds is 4. The van der Waals surface area contributed by atoms with Crippen LogP contribution in [-0.4, -0.2) is 68.4 Å². The van der Waals surface area contributed by atoms with Gasteiger partial charge in [0.1, 0.15) is 0 Å². The van der Waals surface area contributed by atoms with E-state index >= 15 is 0 Å². The Morgan fingerprint density at radius 1 is 1.04 bits per heavy atom. The zero-order valence-corrected chi connectivity index (χ0v) is 14.8. The molecule has 23 heavy (non-hydrogen) atoms. The van der Waals surface area contributed by atoms with Crippen molar-refractivity contribution in [2.45, 2.75) is 32.6 Å². The summed E-state index contributed by atoms with van der Waals surface area (Å²) in [6.45, 7) is 4.56. The van der Waals surface area contributed by atoms with Gasteiger partial charge in [0.25, 0.3) is 0 Å². The van der Waals surface area contributed by atoms with E-state index in [-0.39, 0.29) is 17.7 Å². The highest BCUT2D eigenvalue weighted by atomic mass is 32.2. The van der Waals surface area contributed by atoms with Crippen molar-refractivity contribution >= 4 is 21.8 Å². The molecule has 2 aliphatic rings. The van der Waals surface area contributed by atoms with Gasteiger partial charge in [-0.05, 0) is 31.6 Å². The molecule has 7 nitrogen and oxygen atoms in total. The van der Waals surface area contributed by atoms with Crippen molar-refractivity contribution in [3.05, 3.63) is 0 Å². The van der Waals surface area contributed by atoms with Crippen LogP contribution in [0.3, 0.4) is 0 Å². The zero-order chi connectivity index (χ0) is 17.0. The fraction of sp³-hybridized carbons (Fsp3) is 0.867. The predicted octanol–water partition coefficient (Wildman–Crippen LogP) is 0.0327. The summed E-state index contributed by atoms with van der Waals surface area (Å²) in [4.78, 5) is 25.3. The topological polar surface area (TPSA) is 86.8 Å². The van der Waals surface area contributed by atoms with Crippen molar-refractivity contribution in [1.82, 2.24) is 14.5 Å².